The normalized spacial score (nSPS) is 11.0. The van der Waals surface area contributed by atoms with E-state index in [9.17, 15) is 4.79 Å². The molecule has 0 unspecified atom stereocenters. The number of hydrogen-bond donors (Lipinski definition) is 1. The Balaban J connectivity index is 2.66. The largest absolute Gasteiger partial charge is 0.478 e. The Hall–Kier alpha value is -1.87. The van der Waals surface area contributed by atoms with Crippen LogP contribution in [0.3, 0.4) is 0 Å². The molecule has 0 saturated carbocycles. The second kappa shape index (κ2) is 4.55. The molecule has 0 aliphatic heterocycles. The summed E-state index contributed by atoms with van der Waals surface area (Å²) in [5, 5.41) is 11.0. The number of carbonyl (C=O) groups is 1. The molecule has 3 nitrogen and oxygen atoms in total. The van der Waals surface area contributed by atoms with Crippen molar-refractivity contribution < 1.29 is 9.90 Å². The molecule has 2 aromatic rings. The van der Waals surface area contributed by atoms with Gasteiger partial charge in [-0.25, -0.2) is 4.79 Å². The van der Waals surface area contributed by atoms with E-state index < -0.39 is 5.97 Å². The molecule has 0 aliphatic carbocycles. The first-order valence-electron chi connectivity index (χ1n) is 5.48. The Morgan fingerprint density at radius 3 is 2.35 bits per heavy atom. The minimum Gasteiger partial charge on any atom is -0.478 e. The number of aromatic carboxylic acids is 1. The van der Waals surface area contributed by atoms with Crippen LogP contribution in [0.15, 0.2) is 36.4 Å². The van der Waals surface area contributed by atoms with Crippen LogP contribution in [0.1, 0.15) is 15.9 Å². The molecule has 0 amide bonds. The summed E-state index contributed by atoms with van der Waals surface area (Å²) >= 11 is 0. The molecule has 2 rings (SSSR count). The lowest BCUT2D eigenvalue weighted by Gasteiger charge is -2.13. The Kier molecular flexibility index (Phi) is 3.11. The van der Waals surface area contributed by atoms with E-state index >= 15 is 0 Å². The molecule has 17 heavy (non-hydrogen) atoms. The number of fused-ring (bicyclic) bond motifs is 1. The zero-order valence-electron chi connectivity index (χ0n) is 9.97. The molecule has 0 heterocycles. The zero-order valence-corrected chi connectivity index (χ0v) is 9.97. The molecule has 0 radical (unpaired) electrons. The van der Waals surface area contributed by atoms with Crippen LogP contribution in [0.5, 0.6) is 0 Å². The smallest absolute Gasteiger partial charge is 0.336 e. The molecule has 2 aromatic carbocycles. The Morgan fingerprint density at radius 2 is 1.76 bits per heavy atom. The summed E-state index contributed by atoms with van der Waals surface area (Å²) in [6, 6.07) is 11.2. The SMILES string of the molecule is CN(C)Cc1ccc(C(=O)O)c2ccccc12. The second-order valence-corrected chi connectivity index (χ2v) is 4.36. The Labute approximate surface area is 100 Å². The Morgan fingerprint density at radius 1 is 1.12 bits per heavy atom. The zero-order chi connectivity index (χ0) is 12.4. The van der Waals surface area contributed by atoms with E-state index in [1.807, 2.05) is 44.4 Å². The summed E-state index contributed by atoms with van der Waals surface area (Å²) in [6.07, 6.45) is 0. The number of benzene rings is 2. The van der Waals surface area contributed by atoms with Crippen LogP contribution in [-0.4, -0.2) is 30.1 Å². The van der Waals surface area contributed by atoms with Gasteiger partial charge in [-0.1, -0.05) is 30.3 Å². The van der Waals surface area contributed by atoms with Gasteiger partial charge in [0, 0.05) is 6.54 Å². The van der Waals surface area contributed by atoms with Gasteiger partial charge in [0.25, 0.3) is 0 Å². The quantitative estimate of drug-likeness (QED) is 0.879. The minimum absolute atomic E-state index is 0.364. The van der Waals surface area contributed by atoms with Crippen molar-refractivity contribution in [1.82, 2.24) is 4.90 Å². The van der Waals surface area contributed by atoms with Crippen molar-refractivity contribution in [2.24, 2.45) is 0 Å². The van der Waals surface area contributed by atoms with Crippen LogP contribution in [0.2, 0.25) is 0 Å². The van der Waals surface area contributed by atoms with Crippen molar-refractivity contribution in [3.63, 3.8) is 0 Å². The van der Waals surface area contributed by atoms with Crippen LogP contribution in [0, 0.1) is 0 Å². The monoisotopic (exact) mass is 229 g/mol. The number of rotatable bonds is 3. The summed E-state index contributed by atoms with van der Waals surface area (Å²) in [6.45, 7) is 0.806. The van der Waals surface area contributed by atoms with Gasteiger partial charge in [-0.2, -0.15) is 0 Å². The predicted octanol–water partition coefficient (Wildman–Crippen LogP) is 2.60. The van der Waals surface area contributed by atoms with Crippen LogP contribution in [-0.2, 0) is 6.54 Å². The molecule has 0 saturated heterocycles. The molecule has 0 spiro atoms. The average molecular weight is 229 g/mol. The van der Waals surface area contributed by atoms with E-state index in [1.165, 1.54) is 0 Å². The van der Waals surface area contributed by atoms with Gasteiger partial charge in [-0.15, -0.1) is 0 Å². The summed E-state index contributed by atoms with van der Waals surface area (Å²) in [5.41, 5.74) is 1.51. The minimum atomic E-state index is -0.877. The first kappa shape index (κ1) is 11.6. The number of hydrogen-bond acceptors (Lipinski definition) is 2. The maximum atomic E-state index is 11.1. The van der Waals surface area contributed by atoms with Gasteiger partial charge >= 0.3 is 5.97 Å². The number of carboxylic acids is 1. The van der Waals surface area contributed by atoms with Crippen molar-refractivity contribution in [3.05, 3.63) is 47.5 Å². The lowest BCUT2D eigenvalue weighted by Crippen LogP contribution is -2.11. The third-order valence-corrected chi connectivity index (χ3v) is 2.73. The third-order valence-electron chi connectivity index (χ3n) is 2.73. The van der Waals surface area contributed by atoms with Gasteiger partial charge in [0.1, 0.15) is 0 Å². The second-order valence-electron chi connectivity index (χ2n) is 4.36. The highest BCUT2D eigenvalue weighted by Crippen LogP contribution is 2.23. The Bertz CT molecular complexity index is 561. The topological polar surface area (TPSA) is 40.5 Å². The summed E-state index contributed by atoms with van der Waals surface area (Å²) < 4.78 is 0. The fourth-order valence-corrected chi connectivity index (χ4v) is 2.03. The maximum absolute atomic E-state index is 11.1. The van der Waals surface area contributed by atoms with Crippen LogP contribution in [0.25, 0.3) is 10.8 Å². The van der Waals surface area contributed by atoms with Crippen molar-refractivity contribution >= 4 is 16.7 Å². The maximum Gasteiger partial charge on any atom is 0.336 e. The molecule has 88 valence electrons. The molecular formula is C14H15NO2. The van der Waals surface area contributed by atoms with Crippen LogP contribution < -0.4 is 0 Å². The summed E-state index contributed by atoms with van der Waals surface area (Å²) in [5.74, 6) is -0.877. The summed E-state index contributed by atoms with van der Waals surface area (Å²) in [7, 11) is 4.00. The highest BCUT2D eigenvalue weighted by molar-refractivity contribution is 6.04. The predicted molar refractivity (Wildman–Crippen MR) is 68.3 cm³/mol. The van der Waals surface area contributed by atoms with Gasteiger partial charge in [-0.05, 0) is 36.5 Å². The van der Waals surface area contributed by atoms with Crippen LogP contribution >= 0.6 is 0 Å². The molecule has 0 aliphatic rings. The van der Waals surface area contributed by atoms with E-state index in [1.54, 1.807) is 6.07 Å². The van der Waals surface area contributed by atoms with E-state index in [4.69, 9.17) is 5.11 Å². The van der Waals surface area contributed by atoms with E-state index in [0.717, 1.165) is 22.9 Å². The average Bonchev–Trinajstić information content (AvgIpc) is 2.28. The fourth-order valence-electron chi connectivity index (χ4n) is 2.03. The van der Waals surface area contributed by atoms with E-state index in [2.05, 4.69) is 4.90 Å². The standard InChI is InChI=1S/C14H15NO2/c1-15(2)9-10-7-8-13(14(16)17)12-6-4-3-5-11(10)12/h3-8H,9H2,1-2H3,(H,16,17). The van der Waals surface area contributed by atoms with E-state index in [-0.39, 0.29) is 0 Å². The first-order valence-corrected chi connectivity index (χ1v) is 5.48. The highest BCUT2D eigenvalue weighted by atomic mass is 16.4. The third kappa shape index (κ3) is 2.29. The molecule has 3 heteroatoms. The number of carboxylic acid groups (broad SMARTS) is 1. The van der Waals surface area contributed by atoms with Gasteiger partial charge in [0.05, 0.1) is 5.56 Å². The fraction of sp³-hybridized carbons (Fsp3) is 0.214. The lowest BCUT2D eigenvalue weighted by molar-refractivity contribution is 0.0699. The molecule has 0 atom stereocenters. The van der Waals surface area contributed by atoms with Gasteiger partial charge in [0.15, 0.2) is 0 Å². The van der Waals surface area contributed by atoms with Crippen LogP contribution in [0.4, 0.5) is 0 Å². The molecule has 0 fully saturated rings. The molecule has 0 bridgehead atoms. The number of nitrogens with zero attached hydrogens (tertiary/aromatic N) is 1. The van der Waals surface area contributed by atoms with Crippen molar-refractivity contribution in [3.8, 4) is 0 Å². The van der Waals surface area contributed by atoms with Gasteiger partial charge < -0.3 is 10.0 Å². The van der Waals surface area contributed by atoms with Crippen molar-refractivity contribution in [2.75, 3.05) is 14.1 Å². The molecular weight excluding hydrogens is 214 g/mol. The molecule has 1 N–H and O–H groups in total. The highest BCUT2D eigenvalue weighted by Gasteiger charge is 2.10. The molecule has 0 aromatic heterocycles. The van der Waals surface area contributed by atoms with E-state index in [0.29, 0.717) is 5.56 Å². The first-order chi connectivity index (χ1) is 8.09. The van der Waals surface area contributed by atoms with Gasteiger partial charge in [-0.3, -0.25) is 0 Å². The summed E-state index contributed by atoms with van der Waals surface area (Å²) in [4.78, 5) is 13.2. The van der Waals surface area contributed by atoms with Crippen molar-refractivity contribution in [2.45, 2.75) is 6.54 Å². The van der Waals surface area contributed by atoms with Crippen molar-refractivity contribution in [1.29, 1.82) is 0 Å². The lowest BCUT2D eigenvalue weighted by atomic mass is 9.99. The van der Waals surface area contributed by atoms with Gasteiger partial charge in [0.2, 0.25) is 0 Å².